The number of aryl methyl sites for hydroxylation is 2. The Labute approximate surface area is 303 Å². The van der Waals surface area contributed by atoms with Crippen molar-refractivity contribution in [2.45, 2.75) is 63.5 Å². The second-order valence-electron chi connectivity index (χ2n) is 13.1. The third-order valence-electron chi connectivity index (χ3n) is 9.67. The molecular weight excluding hydrogens is 778 g/mol. The van der Waals surface area contributed by atoms with Crippen LogP contribution in [0.2, 0.25) is 0 Å². The van der Waals surface area contributed by atoms with Gasteiger partial charge >= 0.3 is 11.7 Å². The topological polar surface area (TPSA) is 169 Å². The Bertz CT molecular complexity index is 2060. The summed E-state index contributed by atoms with van der Waals surface area (Å²) in [6.45, 7) is 3.49. The highest BCUT2D eigenvalue weighted by molar-refractivity contribution is 9.13. The lowest BCUT2D eigenvalue weighted by molar-refractivity contribution is -0.120. The van der Waals surface area contributed by atoms with Crippen LogP contribution in [0.5, 0.6) is 0 Å². The van der Waals surface area contributed by atoms with Gasteiger partial charge in [-0.2, -0.15) is 0 Å². The Hall–Kier alpha value is -4.22. The largest absolute Gasteiger partial charge is 0.422 e. The number of benzene rings is 1. The van der Waals surface area contributed by atoms with Crippen LogP contribution in [0.1, 0.15) is 52.7 Å². The van der Waals surface area contributed by atoms with Gasteiger partial charge in [0.05, 0.1) is 34.8 Å². The lowest BCUT2D eigenvalue weighted by Crippen LogP contribution is -2.62. The summed E-state index contributed by atoms with van der Waals surface area (Å²) in [7, 11) is 3.83. The molecule has 2 fully saturated rings. The number of amides is 4. The summed E-state index contributed by atoms with van der Waals surface area (Å²) in [6.07, 6.45) is 3.90. The van der Waals surface area contributed by atoms with Crippen molar-refractivity contribution in [3.8, 4) is 0 Å². The molecule has 0 unspecified atom stereocenters. The molecule has 0 aliphatic carbocycles. The van der Waals surface area contributed by atoms with Crippen LogP contribution in [0, 0.1) is 6.92 Å². The number of halogens is 2. The molecule has 3 N–H and O–H groups in total. The third kappa shape index (κ3) is 6.19. The third-order valence-corrected chi connectivity index (χ3v) is 11.6. The molecule has 1 spiro atoms. The summed E-state index contributed by atoms with van der Waals surface area (Å²) in [6, 6.07) is 7.11. The van der Waals surface area contributed by atoms with E-state index in [1.807, 2.05) is 54.9 Å². The van der Waals surface area contributed by atoms with E-state index < -0.39 is 17.5 Å². The van der Waals surface area contributed by atoms with Gasteiger partial charge in [0, 0.05) is 63.5 Å². The number of hydrogen-bond donors (Lipinski definition) is 3. The van der Waals surface area contributed by atoms with Crippen molar-refractivity contribution < 1.29 is 23.5 Å². The van der Waals surface area contributed by atoms with Crippen molar-refractivity contribution in [3.05, 3.63) is 72.5 Å². The minimum Gasteiger partial charge on any atom is -0.422 e. The highest BCUT2D eigenvalue weighted by atomic mass is 79.9. The van der Waals surface area contributed by atoms with Gasteiger partial charge < -0.3 is 39.5 Å². The molecule has 3 aliphatic heterocycles. The van der Waals surface area contributed by atoms with Gasteiger partial charge in [0.25, 0.3) is 5.91 Å². The molecule has 1 aromatic carbocycles. The SMILES string of the molecule is Cc1c(CC(=O)NCCn2cc(CCCCO[C@@H]3CN4C(=O)c5cc(Br)c(Br)n5[C@@H]5NC(=O)N[C@@]54C3)nn2)c(=O)oc2cc(N(C)C)ccc12. The molecule has 17 heteroatoms. The predicted octanol–water partition coefficient (Wildman–Crippen LogP) is 3.22. The number of urea groups is 1. The van der Waals surface area contributed by atoms with Crippen LogP contribution >= 0.6 is 31.9 Å². The Morgan fingerprint density at radius 1 is 1.20 bits per heavy atom. The number of aromatic nitrogens is 4. The molecule has 15 nitrogen and oxygen atoms in total. The molecule has 0 saturated carbocycles. The molecule has 7 rings (SSSR count). The van der Waals surface area contributed by atoms with Crippen molar-refractivity contribution in [2.24, 2.45) is 0 Å². The van der Waals surface area contributed by atoms with Crippen LogP contribution in [-0.4, -0.2) is 87.9 Å². The lowest BCUT2D eigenvalue weighted by Gasteiger charge is -2.43. The summed E-state index contributed by atoms with van der Waals surface area (Å²) < 4.78 is 16.7. The number of nitrogens with one attached hydrogen (secondary N) is 3. The minimum atomic E-state index is -0.897. The van der Waals surface area contributed by atoms with Crippen LogP contribution in [0.4, 0.5) is 10.5 Å². The number of carbonyl (C=O) groups excluding carboxylic acids is 3. The van der Waals surface area contributed by atoms with E-state index in [-0.39, 0.29) is 30.4 Å². The fourth-order valence-corrected chi connectivity index (χ4v) is 8.03. The number of anilines is 1. The van der Waals surface area contributed by atoms with E-state index in [0.717, 1.165) is 39.6 Å². The molecule has 6 heterocycles. The van der Waals surface area contributed by atoms with Gasteiger partial charge in [0.2, 0.25) is 5.91 Å². The number of hydrogen-bond acceptors (Lipinski definition) is 9. The number of nitrogens with zero attached hydrogens (tertiary/aromatic N) is 6. The van der Waals surface area contributed by atoms with Gasteiger partial charge in [-0.15, -0.1) is 5.10 Å². The number of fused-ring (bicyclic) bond motifs is 3. The zero-order chi connectivity index (χ0) is 35.3. The van der Waals surface area contributed by atoms with Gasteiger partial charge in [0.15, 0.2) is 11.8 Å². The zero-order valence-electron chi connectivity index (χ0n) is 27.8. The second kappa shape index (κ2) is 13.5. The first-order valence-electron chi connectivity index (χ1n) is 16.4. The Morgan fingerprint density at radius 3 is 2.82 bits per heavy atom. The summed E-state index contributed by atoms with van der Waals surface area (Å²) in [5, 5.41) is 18.1. The summed E-state index contributed by atoms with van der Waals surface area (Å²) in [5.41, 5.74) is 2.43. The molecule has 3 atom stereocenters. The Kier molecular flexibility index (Phi) is 9.23. The quantitative estimate of drug-likeness (QED) is 0.144. The molecule has 50 heavy (non-hydrogen) atoms. The first-order valence-corrected chi connectivity index (χ1v) is 18.0. The van der Waals surface area contributed by atoms with Gasteiger partial charge in [-0.1, -0.05) is 5.21 Å². The monoisotopic (exact) mass is 813 g/mol. The standard InChI is InChI=1S/C33H37Br2N9O6/c1-18-22-8-7-20(41(2)3)12-26(22)50-30(47)23(18)13-27(45)36-9-10-42-16-19(39-40-42)6-4-5-11-49-21-15-33-31(37-32(48)38-33)44-25(14-24(34)28(44)35)29(46)43(33)17-21/h7-8,12,14,16,21,31H,4-6,9-11,13,15,17H2,1-3H3,(H,36,45)(H2,37,38,48)/t21-,31-,33+/m0/s1. The smallest absolute Gasteiger partial charge is 0.340 e. The van der Waals surface area contributed by atoms with E-state index in [0.29, 0.717) is 60.5 Å². The van der Waals surface area contributed by atoms with E-state index in [1.54, 1.807) is 15.6 Å². The highest BCUT2D eigenvalue weighted by Gasteiger charge is 2.62. The summed E-state index contributed by atoms with van der Waals surface area (Å²) >= 11 is 7.02. The van der Waals surface area contributed by atoms with E-state index >= 15 is 0 Å². The van der Waals surface area contributed by atoms with Crippen LogP contribution in [-0.2, 0) is 28.9 Å². The molecular formula is C33H37Br2N9O6. The molecule has 3 aromatic heterocycles. The number of ether oxygens (including phenoxy) is 1. The average Bonchev–Trinajstić information content (AvgIpc) is 3.83. The molecule has 2 saturated heterocycles. The Balaban J connectivity index is 0.846. The van der Waals surface area contributed by atoms with Crippen molar-refractivity contribution in [3.63, 3.8) is 0 Å². The average molecular weight is 816 g/mol. The lowest BCUT2D eigenvalue weighted by atomic mass is 10.0. The first kappa shape index (κ1) is 34.2. The van der Waals surface area contributed by atoms with Crippen molar-refractivity contribution in [1.82, 2.24) is 40.4 Å². The normalized spacial score (nSPS) is 20.8. The van der Waals surface area contributed by atoms with Crippen molar-refractivity contribution in [2.75, 3.05) is 38.7 Å². The molecule has 0 bridgehead atoms. The van der Waals surface area contributed by atoms with Crippen LogP contribution in [0.25, 0.3) is 11.0 Å². The van der Waals surface area contributed by atoms with Crippen LogP contribution in [0.15, 0.2) is 48.7 Å². The molecule has 4 amide bonds. The van der Waals surface area contributed by atoms with E-state index in [4.69, 9.17) is 9.15 Å². The zero-order valence-corrected chi connectivity index (χ0v) is 31.0. The predicted molar refractivity (Wildman–Crippen MR) is 190 cm³/mol. The summed E-state index contributed by atoms with van der Waals surface area (Å²) in [4.78, 5) is 55.0. The van der Waals surface area contributed by atoms with Crippen molar-refractivity contribution >= 4 is 66.4 Å². The van der Waals surface area contributed by atoms with E-state index in [9.17, 15) is 19.2 Å². The maximum Gasteiger partial charge on any atom is 0.340 e. The van der Waals surface area contributed by atoms with E-state index in [1.165, 1.54) is 0 Å². The van der Waals surface area contributed by atoms with Crippen LogP contribution < -0.4 is 26.5 Å². The number of carbonyl (C=O) groups is 3. The fourth-order valence-electron chi connectivity index (χ4n) is 7.11. The van der Waals surface area contributed by atoms with Gasteiger partial charge in [-0.05, 0) is 81.8 Å². The first-order chi connectivity index (χ1) is 23.9. The fraction of sp³-hybridized carbons (Fsp3) is 0.455. The van der Waals surface area contributed by atoms with Gasteiger partial charge in [-0.25, -0.2) is 9.59 Å². The van der Waals surface area contributed by atoms with Crippen molar-refractivity contribution in [1.29, 1.82) is 0 Å². The molecule has 264 valence electrons. The molecule has 4 aromatic rings. The summed E-state index contributed by atoms with van der Waals surface area (Å²) in [5.74, 6) is -0.429. The minimum absolute atomic E-state index is 0.0733. The van der Waals surface area contributed by atoms with Crippen LogP contribution in [0.3, 0.4) is 0 Å². The second-order valence-corrected chi connectivity index (χ2v) is 14.7. The highest BCUT2D eigenvalue weighted by Crippen LogP contribution is 2.47. The van der Waals surface area contributed by atoms with E-state index in [2.05, 4.69) is 58.1 Å². The maximum atomic E-state index is 13.4. The Morgan fingerprint density at radius 2 is 2.02 bits per heavy atom. The van der Waals surface area contributed by atoms with Gasteiger partial charge in [0.1, 0.15) is 15.9 Å². The number of rotatable bonds is 12. The maximum absolute atomic E-state index is 13.4. The molecule has 0 radical (unpaired) electrons. The number of unbranched alkanes of at least 4 members (excludes halogenated alkanes) is 1. The molecule has 3 aliphatic rings. The van der Waals surface area contributed by atoms with Gasteiger partial charge in [-0.3, -0.25) is 14.3 Å².